The highest BCUT2D eigenvalue weighted by atomic mass is 16.3. The van der Waals surface area contributed by atoms with Crippen LogP contribution in [0.15, 0.2) is 60.7 Å². The molecule has 82 valence electrons. The summed E-state index contributed by atoms with van der Waals surface area (Å²) in [4.78, 5) is 0. The number of phenols is 1. The quantitative estimate of drug-likeness (QED) is 0.730. The van der Waals surface area contributed by atoms with Crippen molar-refractivity contribution in [2.45, 2.75) is 0 Å². The molecule has 1 nitrogen and oxygen atoms in total. The topological polar surface area (TPSA) is 20.2 Å². The predicted octanol–water partition coefficient (Wildman–Crippen LogP) is 3.46. The molecule has 0 unspecified atom stereocenters. The van der Waals surface area contributed by atoms with E-state index in [1.165, 1.54) is 0 Å². The van der Waals surface area contributed by atoms with Crippen molar-refractivity contribution in [2.75, 3.05) is 0 Å². The third kappa shape index (κ3) is 3.25. The minimum absolute atomic E-state index is 0.216. The summed E-state index contributed by atoms with van der Waals surface area (Å²) in [5.74, 6) is 6.01. The molecule has 0 fully saturated rings. The Hall–Kier alpha value is -2.46. The van der Waals surface area contributed by atoms with Crippen LogP contribution in [-0.4, -0.2) is 5.11 Å². The van der Waals surface area contributed by atoms with E-state index < -0.39 is 0 Å². The number of phenolic OH excluding ortho intramolecular Hbond substituents is 1. The molecule has 0 atom stereocenters. The van der Waals surface area contributed by atoms with Crippen LogP contribution >= 0.6 is 0 Å². The van der Waals surface area contributed by atoms with Crippen LogP contribution in [-0.2, 0) is 0 Å². The van der Waals surface area contributed by atoms with E-state index in [1.54, 1.807) is 24.3 Å². The van der Waals surface area contributed by atoms with E-state index in [4.69, 9.17) is 0 Å². The number of para-hydroxylation sites is 1. The summed E-state index contributed by atoms with van der Waals surface area (Å²) in [6.07, 6.45) is 3.72. The highest BCUT2D eigenvalue weighted by molar-refractivity contribution is 5.54. The monoisotopic (exact) mass is 220 g/mol. The SMILES string of the molecule is Oc1ccccc1C#C/C=C/c1ccccc1. The van der Waals surface area contributed by atoms with Gasteiger partial charge in [-0.1, -0.05) is 54.3 Å². The van der Waals surface area contributed by atoms with Gasteiger partial charge in [0.2, 0.25) is 0 Å². The van der Waals surface area contributed by atoms with Crippen LogP contribution in [0, 0.1) is 11.8 Å². The van der Waals surface area contributed by atoms with Crippen LogP contribution in [0.3, 0.4) is 0 Å². The van der Waals surface area contributed by atoms with Gasteiger partial charge in [-0.3, -0.25) is 0 Å². The molecular formula is C16H12O. The van der Waals surface area contributed by atoms with Crippen LogP contribution in [0.5, 0.6) is 5.75 Å². The van der Waals surface area contributed by atoms with E-state index in [-0.39, 0.29) is 5.75 Å². The summed E-state index contributed by atoms with van der Waals surface area (Å²) in [6.45, 7) is 0. The minimum Gasteiger partial charge on any atom is -0.507 e. The summed E-state index contributed by atoms with van der Waals surface area (Å²) in [7, 11) is 0. The Balaban J connectivity index is 2.09. The smallest absolute Gasteiger partial charge is 0.131 e. The summed E-state index contributed by atoms with van der Waals surface area (Å²) < 4.78 is 0. The molecule has 1 heteroatoms. The Morgan fingerprint density at radius 1 is 0.882 bits per heavy atom. The van der Waals surface area contributed by atoms with Gasteiger partial charge in [0, 0.05) is 0 Å². The number of aromatic hydroxyl groups is 1. The number of allylic oxidation sites excluding steroid dienone is 1. The van der Waals surface area contributed by atoms with Crippen LogP contribution in [0.2, 0.25) is 0 Å². The van der Waals surface area contributed by atoms with Crippen molar-refractivity contribution in [3.63, 3.8) is 0 Å². The van der Waals surface area contributed by atoms with Crippen LogP contribution in [0.1, 0.15) is 11.1 Å². The van der Waals surface area contributed by atoms with Gasteiger partial charge in [0.05, 0.1) is 5.56 Å². The molecule has 0 aromatic heterocycles. The van der Waals surface area contributed by atoms with Crippen LogP contribution in [0.25, 0.3) is 6.08 Å². The van der Waals surface area contributed by atoms with Crippen LogP contribution in [0.4, 0.5) is 0 Å². The summed E-state index contributed by atoms with van der Waals surface area (Å²) in [5.41, 5.74) is 1.75. The Morgan fingerprint density at radius 3 is 2.35 bits per heavy atom. The molecule has 2 aromatic rings. The molecule has 0 heterocycles. The summed E-state index contributed by atoms with van der Waals surface area (Å²) in [5, 5.41) is 9.50. The molecule has 0 spiro atoms. The van der Waals surface area contributed by atoms with Gasteiger partial charge in [-0.15, -0.1) is 0 Å². The van der Waals surface area contributed by atoms with Gasteiger partial charge in [-0.25, -0.2) is 0 Å². The summed E-state index contributed by atoms with van der Waals surface area (Å²) in [6, 6.07) is 17.0. The average molecular weight is 220 g/mol. The highest BCUT2D eigenvalue weighted by Crippen LogP contribution is 2.13. The van der Waals surface area contributed by atoms with E-state index in [1.807, 2.05) is 42.5 Å². The molecule has 0 aliphatic rings. The molecule has 2 rings (SSSR count). The number of benzene rings is 2. The second kappa shape index (κ2) is 5.58. The Kier molecular flexibility index (Phi) is 3.62. The maximum Gasteiger partial charge on any atom is 0.131 e. The lowest BCUT2D eigenvalue weighted by molar-refractivity contribution is 0.473. The van der Waals surface area contributed by atoms with Crippen molar-refractivity contribution in [1.82, 2.24) is 0 Å². The van der Waals surface area contributed by atoms with Gasteiger partial charge in [0.25, 0.3) is 0 Å². The van der Waals surface area contributed by atoms with Crippen molar-refractivity contribution >= 4 is 6.08 Å². The third-order valence-electron chi connectivity index (χ3n) is 2.27. The van der Waals surface area contributed by atoms with E-state index in [0.29, 0.717) is 5.56 Å². The molecule has 2 aromatic carbocycles. The fourth-order valence-corrected chi connectivity index (χ4v) is 1.40. The molecule has 17 heavy (non-hydrogen) atoms. The molecule has 0 saturated carbocycles. The number of rotatable bonds is 1. The molecule has 0 saturated heterocycles. The maximum atomic E-state index is 9.50. The standard InChI is InChI=1S/C16H12O/c17-16-13-7-6-12-15(16)11-5-4-10-14-8-2-1-3-9-14/h1-4,6-10,12-13,17H/b10-4+. The Bertz CT molecular complexity index is 571. The summed E-state index contributed by atoms with van der Waals surface area (Å²) >= 11 is 0. The van der Waals surface area contributed by atoms with Gasteiger partial charge in [-0.2, -0.15) is 0 Å². The molecule has 0 radical (unpaired) electrons. The first-order chi connectivity index (χ1) is 8.36. The second-order valence-corrected chi connectivity index (χ2v) is 3.53. The molecule has 0 bridgehead atoms. The van der Waals surface area contributed by atoms with Gasteiger partial charge in [-0.05, 0) is 29.8 Å². The fourth-order valence-electron chi connectivity index (χ4n) is 1.40. The maximum absolute atomic E-state index is 9.50. The lowest BCUT2D eigenvalue weighted by Crippen LogP contribution is -1.73. The first-order valence-corrected chi connectivity index (χ1v) is 5.37. The lowest BCUT2D eigenvalue weighted by atomic mass is 10.2. The van der Waals surface area contributed by atoms with E-state index in [2.05, 4.69) is 11.8 Å². The Labute approximate surface area is 101 Å². The number of hydrogen-bond acceptors (Lipinski definition) is 1. The van der Waals surface area contributed by atoms with Gasteiger partial charge in [0.15, 0.2) is 0 Å². The zero-order valence-corrected chi connectivity index (χ0v) is 9.30. The van der Waals surface area contributed by atoms with Crippen molar-refractivity contribution < 1.29 is 5.11 Å². The molecule has 0 amide bonds. The highest BCUT2D eigenvalue weighted by Gasteiger charge is 1.91. The van der Waals surface area contributed by atoms with Crippen molar-refractivity contribution in [3.8, 4) is 17.6 Å². The third-order valence-corrected chi connectivity index (χ3v) is 2.27. The minimum atomic E-state index is 0.216. The number of hydrogen-bond donors (Lipinski definition) is 1. The van der Waals surface area contributed by atoms with E-state index in [9.17, 15) is 5.11 Å². The van der Waals surface area contributed by atoms with Crippen molar-refractivity contribution in [1.29, 1.82) is 0 Å². The Morgan fingerprint density at radius 2 is 1.59 bits per heavy atom. The first kappa shape index (κ1) is 11.0. The predicted molar refractivity (Wildman–Crippen MR) is 70.5 cm³/mol. The first-order valence-electron chi connectivity index (χ1n) is 5.37. The average Bonchev–Trinajstić information content (AvgIpc) is 2.38. The van der Waals surface area contributed by atoms with E-state index in [0.717, 1.165) is 5.56 Å². The zero-order valence-electron chi connectivity index (χ0n) is 9.30. The largest absolute Gasteiger partial charge is 0.507 e. The normalized spacial score (nSPS) is 9.88. The van der Waals surface area contributed by atoms with Crippen molar-refractivity contribution in [3.05, 3.63) is 71.8 Å². The molecule has 0 aliphatic carbocycles. The van der Waals surface area contributed by atoms with Gasteiger partial charge < -0.3 is 5.11 Å². The fraction of sp³-hybridized carbons (Fsp3) is 0. The molecule has 0 aliphatic heterocycles. The van der Waals surface area contributed by atoms with E-state index >= 15 is 0 Å². The van der Waals surface area contributed by atoms with Gasteiger partial charge in [0.1, 0.15) is 5.75 Å². The lowest BCUT2D eigenvalue weighted by Gasteiger charge is -1.92. The molecule has 1 N–H and O–H groups in total. The molecular weight excluding hydrogens is 208 g/mol. The zero-order chi connectivity index (χ0) is 11.9. The van der Waals surface area contributed by atoms with Crippen LogP contribution < -0.4 is 0 Å². The van der Waals surface area contributed by atoms with Gasteiger partial charge >= 0.3 is 0 Å². The second-order valence-electron chi connectivity index (χ2n) is 3.53. The van der Waals surface area contributed by atoms with Crippen molar-refractivity contribution in [2.24, 2.45) is 0 Å².